The predicted octanol–water partition coefficient (Wildman–Crippen LogP) is 2.01. The number of hydrogen-bond acceptors (Lipinski definition) is 12. The topological polar surface area (TPSA) is 225 Å². The van der Waals surface area contributed by atoms with E-state index in [2.05, 4.69) is 25.8 Å². The number of piperidine rings is 1. The van der Waals surface area contributed by atoms with E-state index in [9.17, 15) is 43.7 Å². The molecule has 0 spiro atoms. The smallest absolute Gasteiger partial charge is 0.395 e. The molecular formula is C37H36N8O10. The Morgan fingerprint density at radius 3 is 2.29 bits per heavy atom. The fourth-order valence-electron chi connectivity index (χ4n) is 7.29. The molecule has 7 amide bonds. The molecule has 2 aromatic carbocycles. The van der Waals surface area contributed by atoms with Gasteiger partial charge in [-0.2, -0.15) is 0 Å². The number of imide groups is 2. The lowest BCUT2D eigenvalue weighted by atomic mass is 10.0. The van der Waals surface area contributed by atoms with Gasteiger partial charge < -0.3 is 24.9 Å². The number of carbonyl (C=O) groups is 7. The third-order valence-electron chi connectivity index (χ3n) is 10.1. The molecule has 1 aromatic heterocycles. The van der Waals surface area contributed by atoms with E-state index >= 15 is 0 Å². The van der Waals surface area contributed by atoms with E-state index in [1.165, 1.54) is 24.3 Å². The Morgan fingerprint density at radius 1 is 0.873 bits per heavy atom. The van der Waals surface area contributed by atoms with Crippen LogP contribution in [0, 0.1) is 16.0 Å². The number of anilines is 3. The van der Waals surface area contributed by atoms with Crippen LogP contribution in [0.2, 0.25) is 0 Å². The van der Waals surface area contributed by atoms with Crippen molar-refractivity contribution >= 4 is 64.3 Å². The molecule has 18 heteroatoms. The number of hydrogen-bond donors (Lipinski definition) is 3. The first kappa shape index (κ1) is 36.7. The van der Waals surface area contributed by atoms with Gasteiger partial charge in [0, 0.05) is 75.8 Å². The fraction of sp³-hybridized carbons (Fsp3) is 0.324. The zero-order valence-corrected chi connectivity index (χ0v) is 29.4. The van der Waals surface area contributed by atoms with Gasteiger partial charge in [0.1, 0.15) is 11.0 Å². The number of rotatable bonds is 10. The predicted molar refractivity (Wildman–Crippen MR) is 194 cm³/mol. The lowest BCUT2D eigenvalue weighted by Crippen LogP contribution is -2.54. The summed E-state index contributed by atoms with van der Waals surface area (Å²) < 4.78 is 4.89. The number of benzene rings is 2. The molecule has 18 nitrogen and oxygen atoms in total. The van der Waals surface area contributed by atoms with Gasteiger partial charge in [-0.05, 0) is 61.2 Å². The highest BCUT2D eigenvalue weighted by atomic mass is 16.6. The van der Waals surface area contributed by atoms with Gasteiger partial charge in [0.15, 0.2) is 5.76 Å². The maximum Gasteiger partial charge on any atom is 0.433 e. The highest BCUT2D eigenvalue weighted by Crippen LogP contribution is 2.36. The number of furan rings is 1. The molecule has 2 unspecified atom stereocenters. The molecule has 0 saturated carbocycles. The quantitative estimate of drug-likeness (QED) is 0.117. The van der Waals surface area contributed by atoms with Gasteiger partial charge in [0.2, 0.25) is 23.6 Å². The van der Waals surface area contributed by atoms with Gasteiger partial charge >= 0.3 is 5.88 Å². The number of nitrogens with zero attached hydrogens (tertiary/aromatic N) is 5. The van der Waals surface area contributed by atoms with Crippen LogP contribution < -0.4 is 20.9 Å². The van der Waals surface area contributed by atoms with Crippen molar-refractivity contribution in [3.63, 3.8) is 0 Å². The zero-order valence-electron chi connectivity index (χ0n) is 29.4. The maximum absolute atomic E-state index is 13.6. The number of fused-ring (bicyclic) bond motifs is 1. The summed E-state index contributed by atoms with van der Waals surface area (Å²) in [6.45, 7) is 4.41. The van der Waals surface area contributed by atoms with E-state index in [-0.39, 0.29) is 41.6 Å². The fourth-order valence-corrected chi connectivity index (χ4v) is 7.29. The van der Waals surface area contributed by atoms with Crippen LogP contribution >= 0.6 is 0 Å². The van der Waals surface area contributed by atoms with Crippen molar-refractivity contribution in [3.8, 4) is 0 Å². The summed E-state index contributed by atoms with van der Waals surface area (Å²) >= 11 is 0. The third kappa shape index (κ3) is 7.84. The number of amides is 7. The number of nitrogens with one attached hydrogen (secondary N) is 3. The Morgan fingerprint density at radius 2 is 1.60 bits per heavy atom. The highest BCUT2D eigenvalue weighted by Gasteiger charge is 2.46. The average molecular weight is 753 g/mol. The maximum atomic E-state index is 13.6. The van der Waals surface area contributed by atoms with Crippen LogP contribution in [0.25, 0.3) is 0 Å². The SMILES string of the molecule is O=C(/C=C/C(=O)N1CCN(CC2CCN(c3cccc4c3C(=O)N(C3CCC(=O)NC3=O)C4=O)C2)CC1)Nc1ccc(NC(=O)c2ccc([N+](=O)[O-])o2)cc1. The molecule has 3 aromatic rings. The largest absolute Gasteiger partial charge is 0.433 e. The summed E-state index contributed by atoms with van der Waals surface area (Å²) in [5.74, 6) is -4.11. The van der Waals surface area contributed by atoms with Crippen LogP contribution in [-0.2, 0) is 19.2 Å². The summed E-state index contributed by atoms with van der Waals surface area (Å²) in [6, 6.07) is 12.5. The van der Waals surface area contributed by atoms with E-state index in [4.69, 9.17) is 4.42 Å². The molecule has 0 radical (unpaired) electrons. The minimum absolute atomic E-state index is 0.0538. The van der Waals surface area contributed by atoms with Crippen molar-refractivity contribution in [1.29, 1.82) is 0 Å². The highest BCUT2D eigenvalue weighted by molar-refractivity contribution is 6.25. The summed E-state index contributed by atoms with van der Waals surface area (Å²) in [7, 11) is 0. The Bertz CT molecular complexity index is 2120. The molecule has 7 rings (SSSR count). The normalized spacial score (nSPS) is 20.2. The van der Waals surface area contributed by atoms with Gasteiger partial charge in [-0.1, -0.05) is 6.07 Å². The van der Waals surface area contributed by atoms with Gasteiger partial charge in [-0.25, -0.2) is 0 Å². The standard InChI is InChI=1S/C37H36N8O10/c46-29(38-23-4-6-24(7-5-23)39-35(50)28-9-13-32(55-28)45(53)54)11-12-31(48)42-18-16-41(17-19-42)20-22-14-15-43(21-22)26-3-1-2-25-33(26)37(52)44(36(25)51)27-8-10-30(47)40-34(27)49/h1-7,9,11-13,22,27H,8,10,14-21H2,(H,38,46)(H,39,50)(H,40,47,49)/b12-11+. The lowest BCUT2D eigenvalue weighted by molar-refractivity contribution is -0.402. The third-order valence-corrected chi connectivity index (χ3v) is 10.1. The number of nitro groups is 1. The Labute approximate surface area is 313 Å². The van der Waals surface area contributed by atoms with Crippen LogP contribution in [0.1, 0.15) is 50.5 Å². The molecule has 55 heavy (non-hydrogen) atoms. The van der Waals surface area contributed by atoms with Crippen LogP contribution in [0.4, 0.5) is 22.9 Å². The van der Waals surface area contributed by atoms with Crippen LogP contribution in [0.3, 0.4) is 0 Å². The second kappa shape index (κ2) is 15.3. The van der Waals surface area contributed by atoms with E-state index in [1.54, 1.807) is 29.2 Å². The average Bonchev–Trinajstić information content (AvgIpc) is 3.91. The van der Waals surface area contributed by atoms with E-state index in [0.717, 1.165) is 30.0 Å². The minimum atomic E-state index is -1.03. The zero-order chi connectivity index (χ0) is 38.8. The minimum Gasteiger partial charge on any atom is -0.395 e. The van der Waals surface area contributed by atoms with Crippen LogP contribution in [0.5, 0.6) is 0 Å². The Kier molecular flexibility index (Phi) is 10.2. The number of piperazine rings is 1. The molecule has 0 bridgehead atoms. The van der Waals surface area contributed by atoms with Gasteiger partial charge in [0.25, 0.3) is 17.7 Å². The van der Waals surface area contributed by atoms with Crippen molar-refractivity contribution in [2.24, 2.45) is 5.92 Å². The summed E-state index contributed by atoms with van der Waals surface area (Å²) in [5.41, 5.74) is 1.98. The lowest BCUT2D eigenvalue weighted by Gasteiger charge is -2.35. The van der Waals surface area contributed by atoms with Crippen molar-refractivity contribution in [2.75, 3.05) is 61.3 Å². The van der Waals surface area contributed by atoms with Crippen LogP contribution in [0.15, 0.2) is 71.2 Å². The second-order valence-corrected chi connectivity index (χ2v) is 13.6. The molecule has 3 N–H and O–H groups in total. The van der Waals surface area contributed by atoms with Gasteiger partial charge in [-0.3, -0.25) is 58.8 Å². The van der Waals surface area contributed by atoms with E-state index < -0.39 is 52.3 Å². The summed E-state index contributed by atoms with van der Waals surface area (Å²) in [6.07, 6.45) is 3.40. The van der Waals surface area contributed by atoms with Crippen molar-refractivity contribution in [3.05, 3.63) is 93.8 Å². The molecule has 284 valence electrons. The summed E-state index contributed by atoms with van der Waals surface area (Å²) in [5, 5.41) is 18.2. The molecule has 0 aliphatic carbocycles. The molecular weight excluding hydrogens is 716 g/mol. The van der Waals surface area contributed by atoms with Gasteiger partial charge in [0.05, 0.1) is 22.9 Å². The molecule has 3 saturated heterocycles. The molecule has 4 aliphatic heterocycles. The van der Waals surface area contributed by atoms with Crippen molar-refractivity contribution in [2.45, 2.75) is 25.3 Å². The molecule has 3 fully saturated rings. The molecule has 5 heterocycles. The van der Waals surface area contributed by atoms with Crippen molar-refractivity contribution < 1.29 is 42.9 Å². The first-order chi connectivity index (χ1) is 26.4. The molecule has 2 atom stereocenters. The molecule has 4 aliphatic rings. The van der Waals surface area contributed by atoms with Gasteiger partial charge in [-0.15, -0.1) is 0 Å². The Balaban J connectivity index is 0.853. The van der Waals surface area contributed by atoms with E-state index in [1.807, 2.05) is 6.07 Å². The van der Waals surface area contributed by atoms with E-state index in [0.29, 0.717) is 56.3 Å². The summed E-state index contributed by atoms with van der Waals surface area (Å²) in [4.78, 5) is 106. The second-order valence-electron chi connectivity index (χ2n) is 13.6. The van der Waals surface area contributed by atoms with Crippen LogP contribution in [-0.4, -0.2) is 113 Å². The van der Waals surface area contributed by atoms with Crippen molar-refractivity contribution in [1.82, 2.24) is 20.0 Å². The first-order valence-corrected chi connectivity index (χ1v) is 17.7. The number of carbonyl (C=O) groups excluding carboxylic acids is 7. The monoisotopic (exact) mass is 752 g/mol. The Hall–Kier alpha value is -6.69. The first-order valence-electron chi connectivity index (χ1n) is 17.7.